The zero-order valence-corrected chi connectivity index (χ0v) is 20.5. The Kier molecular flexibility index (Phi) is 10.7. The Morgan fingerprint density at radius 1 is 0.406 bits per heavy atom. The van der Waals surface area contributed by atoms with Crippen LogP contribution in [0.4, 0.5) is 0 Å². The molecule has 0 radical (unpaired) electrons. The summed E-state index contributed by atoms with van der Waals surface area (Å²) in [5.41, 5.74) is 0. The van der Waals surface area contributed by atoms with Gasteiger partial charge in [0.25, 0.3) is 0 Å². The molecule has 0 aliphatic rings. The molecule has 0 atom stereocenters. The number of rotatable bonds is 10. The molecular formula is C28H28LiNP2. The summed E-state index contributed by atoms with van der Waals surface area (Å²) < 4.78 is 0. The second-order valence-electron chi connectivity index (χ2n) is 7.32. The Bertz CT molecular complexity index is 850. The predicted molar refractivity (Wildman–Crippen MR) is 141 cm³/mol. The maximum Gasteiger partial charge on any atom is 1.00 e. The van der Waals surface area contributed by atoms with Gasteiger partial charge in [-0.2, -0.15) is 0 Å². The summed E-state index contributed by atoms with van der Waals surface area (Å²) in [4.78, 5) is 0. The molecule has 4 aromatic carbocycles. The summed E-state index contributed by atoms with van der Waals surface area (Å²) in [5, 5.41) is 10.7. The quantitative estimate of drug-likeness (QED) is 0.202. The van der Waals surface area contributed by atoms with Crippen molar-refractivity contribution in [3.8, 4) is 0 Å². The number of benzene rings is 4. The second kappa shape index (κ2) is 13.8. The second-order valence-corrected chi connectivity index (χ2v) is 12.0. The molecular weight excluding hydrogens is 419 g/mol. The van der Waals surface area contributed by atoms with Crippen LogP contribution in [0.1, 0.15) is 0 Å². The largest absolute Gasteiger partial charge is 1.00 e. The molecule has 0 aliphatic heterocycles. The Balaban J connectivity index is 0.00000289. The first-order valence-corrected chi connectivity index (χ1v) is 13.9. The van der Waals surface area contributed by atoms with E-state index < -0.39 is 0 Å². The van der Waals surface area contributed by atoms with E-state index in [0.29, 0.717) is 0 Å². The van der Waals surface area contributed by atoms with Gasteiger partial charge < -0.3 is 5.32 Å². The van der Waals surface area contributed by atoms with Crippen LogP contribution in [0.25, 0.3) is 5.32 Å². The monoisotopic (exact) mass is 447 g/mol. The summed E-state index contributed by atoms with van der Waals surface area (Å²) >= 11 is 0. The fraction of sp³-hybridized carbons (Fsp3) is 0.143. The van der Waals surface area contributed by atoms with Gasteiger partial charge in [0.05, 0.1) is 0 Å². The molecule has 156 valence electrons. The van der Waals surface area contributed by atoms with Crippen molar-refractivity contribution in [1.82, 2.24) is 0 Å². The molecule has 0 amide bonds. The van der Waals surface area contributed by atoms with E-state index >= 15 is 0 Å². The van der Waals surface area contributed by atoms with Crippen LogP contribution in [-0.2, 0) is 0 Å². The van der Waals surface area contributed by atoms with Gasteiger partial charge >= 0.3 is 18.9 Å². The Morgan fingerprint density at radius 2 is 0.656 bits per heavy atom. The van der Waals surface area contributed by atoms with Gasteiger partial charge in [0.15, 0.2) is 0 Å². The smallest absolute Gasteiger partial charge is 0.662 e. The van der Waals surface area contributed by atoms with E-state index in [-0.39, 0.29) is 34.7 Å². The van der Waals surface area contributed by atoms with E-state index in [1.807, 2.05) is 0 Å². The van der Waals surface area contributed by atoms with Crippen LogP contribution in [0.15, 0.2) is 121 Å². The van der Waals surface area contributed by atoms with Gasteiger partial charge in [-0.1, -0.05) is 121 Å². The minimum absolute atomic E-state index is 0. The molecule has 4 heteroatoms. The Morgan fingerprint density at radius 3 is 0.906 bits per heavy atom. The number of hydrogen-bond donors (Lipinski definition) is 0. The summed E-state index contributed by atoms with van der Waals surface area (Å²) in [6.07, 6.45) is 2.22. The fourth-order valence-corrected chi connectivity index (χ4v) is 8.14. The molecule has 0 saturated heterocycles. The molecule has 0 N–H and O–H groups in total. The van der Waals surface area contributed by atoms with Gasteiger partial charge in [-0.15, -0.1) is 13.1 Å². The first-order chi connectivity index (χ1) is 15.4. The first kappa shape index (κ1) is 24.9. The van der Waals surface area contributed by atoms with Crippen LogP contribution in [0.2, 0.25) is 0 Å². The zero-order chi connectivity index (χ0) is 21.1. The molecule has 0 unspecified atom stereocenters. The normalized spacial score (nSPS) is 10.8. The minimum Gasteiger partial charge on any atom is -0.662 e. The summed E-state index contributed by atoms with van der Waals surface area (Å²) in [7, 11) is -0.718. The topological polar surface area (TPSA) is 14.1 Å². The molecule has 0 aliphatic carbocycles. The molecule has 4 rings (SSSR count). The van der Waals surface area contributed by atoms with Crippen molar-refractivity contribution in [2.45, 2.75) is 0 Å². The van der Waals surface area contributed by atoms with Crippen molar-refractivity contribution in [2.75, 3.05) is 25.4 Å². The van der Waals surface area contributed by atoms with Gasteiger partial charge in [-0.25, -0.2) is 0 Å². The van der Waals surface area contributed by atoms with Gasteiger partial charge in [-0.05, 0) is 49.4 Å². The average molecular weight is 447 g/mol. The predicted octanol–water partition coefficient (Wildman–Crippen LogP) is 2.63. The molecule has 32 heavy (non-hydrogen) atoms. The van der Waals surface area contributed by atoms with Crippen LogP contribution in [-0.4, -0.2) is 25.4 Å². The third-order valence-corrected chi connectivity index (χ3v) is 10.2. The van der Waals surface area contributed by atoms with Crippen molar-refractivity contribution in [2.24, 2.45) is 0 Å². The van der Waals surface area contributed by atoms with E-state index in [1.54, 1.807) is 0 Å². The first-order valence-electron chi connectivity index (χ1n) is 10.8. The molecule has 0 fully saturated rings. The molecule has 4 aromatic rings. The van der Waals surface area contributed by atoms with Crippen LogP contribution in [0, 0.1) is 0 Å². The van der Waals surface area contributed by atoms with Crippen molar-refractivity contribution in [1.29, 1.82) is 0 Å². The van der Waals surface area contributed by atoms with Crippen molar-refractivity contribution in [3.63, 3.8) is 0 Å². The van der Waals surface area contributed by atoms with E-state index in [1.165, 1.54) is 21.2 Å². The number of hydrogen-bond acceptors (Lipinski definition) is 0. The average Bonchev–Trinajstić information content (AvgIpc) is 2.86. The Labute approximate surface area is 207 Å². The molecule has 0 spiro atoms. The van der Waals surface area contributed by atoms with E-state index in [9.17, 15) is 0 Å². The van der Waals surface area contributed by atoms with Crippen molar-refractivity contribution >= 4 is 37.1 Å². The third kappa shape index (κ3) is 7.15. The minimum atomic E-state index is -0.359. The molecule has 0 saturated carbocycles. The van der Waals surface area contributed by atoms with Gasteiger partial charge in [0.1, 0.15) is 0 Å². The molecule has 0 bridgehead atoms. The van der Waals surface area contributed by atoms with E-state index in [2.05, 4.69) is 121 Å². The third-order valence-electron chi connectivity index (χ3n) is 5.23. The van der Waals surface area contributed by atoms with Gasteiger partial charge in [0.2, 0.25) is 0 Å². The standard InChI is InChI=1S/C28H28NP2.Li/c1-5-13-25(14-6-1)30(26-15-7-2-8-16-26)23-21-29-22-24-31(27-17-9-3-10-18-27)28-19-11-4-12-20-28;/h1-20H,21-24H2;/q-1;+1. The van der Waals surface area contributed by atoms with Gasteiger partial charge in [0, 0.05) is 0 Å². The maximum absolute atomic E-state index is 4.99. The van der Waals surface area contributed by atoms with E-state index in [4.69, 9.17) is 5.32 Å². The van der Waals surface area contributed by atoms with Crippen molar-refractivity contribution < 1.29 is 18.9 Å². The molecule has 0 aromatic heterocycles. The van der Waals surface area contributed by atoms with E-state index in [0.717, 1.165) is 25.4 Å². The van der Waals surface area contributed by atoms with Crippen LogP contribution in [0.3, 0.4) is 0 Å². The summed E-state index contributed by atoms with van der Waals surface area (Å²) in [6.45, 7) is 1.84. The van der Waals surface area contributed by atoms with Crippen LogP contribution < -0.4 is 40.1 Å². The molecule has 0 heterocycles. The zero-order valence-electron chi connectivity index (χ0n) is 18.7. The SMILES string of the molecule is [Li+].c1ccc(P(CC[N-]CCP(c2ccccc2)c2ccccc2)c2ccccc2)cc1. The fourth-order valence-electron chi connectivity index (χ4n) is 3.70. The maximum atomic E-state index is 4.99. The van der Waals surface area contributed by atoms with Crippen LogP contribution in [0.5, 0.6) is 0 Å². The summed E-state index contributed by atoms with van der Waals surface area (Å²) in [6, 6.07) is 43.7. The van der Waals surface area contributed by atoms with Crippen molar-refractivity contribution in [3.05, 3.63) is 127 Å². The molecule has 1 nitrogen and oxygen atoms in total. The number of nitrogens with zero attached hydrogens (tertiary/aromatic N) is 1. The Hall–Kier alpha value is -1.70. The summed E-state index contributed by atoms with van der Waals surface area (Å²) in [5.74, 6) is 0. The van der Waals surface area contributed by atoms with Crippen LogP contribution >= 0.6 is 15.8 Å². The van der Waals surface area contributed by atoms with Gasteiger partial charge in [-0.3, -0.25) is 0 Å².